The number of benzene rings is 8. The number of para-hydroxylation sites is 2. The molecule has 0 atom stereocenters. The molecule has 1 aromatic heterocycles. The Kier molecular flexibility index (Phi) is 5.57. The summed E-state index contributed by atoms with van der Waals surface area (Å²) in [4.78, 5) is 2.33. The van der Waals surface area contributed by atoms with Crippen molar-refractivity contribution in [1.82, 2.24) is 4.57 Å². The highest BCUT2D eigenvalue weighted by Gasteiger charge is 2.28. The highest BCUT2D eigenvalue weighted by molar-refractivity contribution is 6.14. The number of anilines is 3. The number of hydrogen-bond donors (Lipinski definition) is 0. The molecule has 0 radical (unpaired) electrons. The summed E-state index contributed by atoms with van der Waals surface area (Å²) in [7, 11) is 0. The van der Waals surface area contributed by atoms with E-state index in [0.29, 0.717) is 0 Å². The first kappa shape index (κ1) is 26.0. The van der Waals surface area contributed by atoms with Crippen LogP contribution in [0.4, 0.5) is 17.1 Å². The molecule has 220 valence electrons. The fourth-order valence-electron chi connectivity index (χ4n) is 7.31. The third kappa shape index (κ3) is 4.00. The van der Waals surface area contributed by atoms with Crippen molar-refractivity contribution in [2.24, 2.45) is 0 Å². The second-order valence-electron chi connectivity index (χ2n) is 12.2. The molecule has 2 heterocycles. The van der Waals surface area contributed by atoms with Crippen LogP contribution in [0.3, 0.4) is 0 Å². The highest BCUT2D eigenvalue weighted by atomic mass is 16.5. The van der Waals surface area contributed by atoms with E-state index in [0.717, 1.165) is 56.1 Å². The highest BCUT2D eigenvalue weighted by Crippen LogP contribution is 2.53. The monoisotopic (exact) mass is 600 g/mol. The molecule has 9 aromatic rings. The van der Waals surface area contributed by atoms with E-state index >= 15 is 0 Å². The van der Waals surface area contributed by atoms with Crippen LogP contribution in [0.25, 0.3) is 60.2 Å². The molecule has 1 aliphatic heterocycles. The van der Waals surface area contributed by atoms with Crippen LogP contribution < -0.4 is 9.64 Å². The lowest BCUT2D eigenvalue weighted by molar-refractivity contribution is 0.482. The number of nitrogens with zero attached hydrogens (tertiary/aromatic N) is 2. The topological polar surface area (TPSA) is 17.4 Å². The quantitative estimate of drug-likeness (QED) is 0.201. The lowest BCUT2D eigenvalue weighted by Gasteiger charge is -2.34. The number of fused-ring (bicyclic) bond motifs is 8. The second kappa shape index (κ2) is 10.1. The van der Waals surface area contributed by atoms with Crippen molar-refractivity contribution >= 4 is 60.4 Å². The Morgan fingerprint density at radius 1 is 0.383 bits per heavy atom. The molecule has 3 nitrogen and oxygen atoms in total. The van der Waals surface area contributed by atoms with Crippen molar-refractivity contribution in [3.05, 3.63) is 170 Å². The molecule has 0 spiro atoms. The van der Waals surface area contributed by atoms with Gasteiger partial charge in [0.1, 0.15) is 0 Å². The van der Waals surface area contributed by atoms with Gasteiger partial charge in [0.05, 0.1) is 22.4 Å². The molecule has 8 aromatic carbocycles. The lowest BCUT2D eigenvalue weighted by Crippen LogP contribution is -2.16. The summed E-state index contributed by atoms with van der Waals surface area (Å²) in [5.41, 5.74) is 9.02. The van der Waals surface area contributed by atoms with Gasteiger partial charge in [0.15, 0.2) is 11.5 Å². The van der Waals surface area contributed by atoms with Crippen LogP contribution in [-0.4, -0.2) is 4.57 Å². The summed E-state index contributed by atoms with van der Waals surface area (Å²) in [6, 6.07) is 60.8. The van der Waals surface area contributed by atoms with Crippen molar-refractivity contribution in [3.63, 3.8) is 0 Å². The first-order chi connectivity index (χ1) is 23.3. The third-order valence-electron chi connectivity index (χ3n) is 9.51. The van der Waals surface area contributed by atoms with E-state index in [1.54, 1.807) is 0 Å². The average Bonchev–Trinajstić information content (AvgIpc) is 3.45. The summed E-state index contributed by atoms with van der Waals surface area (Å²) in [6.07, 6.45) is 0. The van der Waals surface area contributed by atoms with E-state index < -0.39 is 0 Å². The lowest BCUT2D eigenvalue weighted by atomic mass is 9.99. The van der Waals surface area contributed by atoms with Gasteiger partial charge in [0, 0.05) is 27.5 Å². The van der Waals surface area contributed by atoms with E-state index in [9.17, 15) is 0 Å². The number of aromatic nitrogens is 1. The van der Waals surface area contributed by atoms with Crippen LogP contribution >= 0.6 is 0 Å². The van der Waals surface area contributed by atoms with E-state index in [2.05, 4.69) is 179 Å². The average molecular weight is 601 g/mol. The molecule has 0 bridgehead atoms. The first-order valence-electron chi connectivity index (χ1n) is 16.0. The number of ether oxygens (including phenoxy) is 1. The molecule has 0 saturated heterocycles. The molecular weight excluding hydrogens is 572 g/mol. The van der Waals surface area contributed by atoms with Crippen LogP contribution in [0.5, 0.6) is 11.5 Å². The summed E-state index contributed by atoms with van der Waals surface area (Å²) >= 11 is 0. The zero-order valence-corrected chi connectivity index (χ0v) is 25.5. The Labute approximate surface area is 272 Å². The molecule has 0 N–H and O–H groups in total. The van der Waals surface area contributed by atoms with Crippen LogP contribution in [0.15, 0.2) is 170 Å². The van der Waals surface area contributed by atoms with Gasteiger partial charge in [0.25, 0.3) is 0 Å². The van der Waals surface area contributed by atoms with Gasteiger partial charge < -0.3 is 14.2 Å². The van der Waals surface area contributed by atoms with Gasteiger partial charge in [0.2, 0.25) is 0 Å². The van der Waals surface area contributed by atoms with Gasteiger partial charge in [-0.2, -0.15) is 0 Å². The summed E-state index contributed by atoms with van der Waals surface area (Å²) in [5, 5.41) is 7.23. The largest absolute Gasteiger partial charge is 0.452 e. The maximum atomic E-state index is 6.71. The van der Waals surface area contributed by atoms with Gasteiger partial charge in [-0.1, -0.05) is 103 Å². The molecule has 0 unspecified atom stereocenters. The van der Waals surface area contributed by atoms with Crippen LogP contribution in [0.2, 0.25) is 0 Å². The summed E-state index contributed by atoms with van der Waals surface area (Å²) < 4.78 is 9.10. The van der Waals surface area contributed by atoms with Gasteiger partial charge in [-0.05, 0) is 94.0 Å². The van der Waals surface area contributed by atoms with Gasteiger partial charge in [-0.15, -0.1) is 0 Å². The molecule has 0 fully saturated rings. The Balaban J connectivity index is 1.18. The molecule has 0 saturated carbocycles. The van der Waals surface area contributed by atoms with E-state index in [4.69, 9.17) is 4.74 Å². The van der Waals surface area contributed by atoms with Crippen LogP contribution in [-0.2, 0) is 0 Å². The van der Waals surface area contributed by atoms with E-state index in [-0.39, 0.29) is 0 Å². The zero-order valence-electron chi connectivity index (χ0n) is 25.5. The first-order valence-corrected chi connectivity index (χ1v) is 16.0. The maximum Gasteiger partial charge on any atom is 0.159 e. The van der Waals surface area contributed by atoms with Crippen molar-refractivity contribution < 1.29 is 4.74 Å². The van der Waals surface area contributed by atoms with Gasteiger partial charge in [-0.3, -0.25) is 0 Å². The molecular formula is C44H28N2O. The molecule has 47 heavy (non-hydrogen) atoms. The smallest absolute Gasteiger partial charge is 0.159 e. The van der Waals surface area contributed by atoms with E-state index in [1.165, 1.54) is 32.6 Å². The normalized spacial score (nSPS) is 12.4. The predicted molar refractivity (Wildman–Crippen MR) is 196 cm³/mol. The SMILES string of the molecule is c1ccc(N2c3cc(-c4ccc5c(c4)c4cc6ccccc6cc4n5-c4ccccc4)ccc3Oc3c2ccc2ccccc32)cc1. The summed E-state index contributed by atoms with van der Waals surface area (Å²) in [5.74, 6) is 1.73. The minimum atomic E-state index is 0.842. The fourth-order valence-corrected chi connectivity index (χ4v) is 7.31. The Bertz CT molecular complexity index is 2660. The molecule has 10 rings (SSSR count). The van der Waals surface area contributed by atoms with Crippen molar-refractivity contribution in [3.8, 4) is 28.3 Å². The van der Waals surface area contributed by atoms with Crippen molar-refractivity contribution in [2.45, 2.75) is 0 Å². The Morgan fingerprint density at radius 3 is 1.83 bits per heavy atom. The van der Waals surface area contributed by atoms with Crippen molar-refractivity contribution in [1.29, 1.82) is 0 Å². The predicted octanol–water partition coefficient (Wildman–Crippen LogP) is 12.3. The molecule has 0 amide bonds. The molecule has 0 aliphatic carbocycles. The molecule has 3 heteroatoms. The minimum absolute atomic E-state index is 0.842. The molecule has 1 aliphatic rings. The Hall–Kier alpha value is -6.32. The standard InChI is InChI=1S/C44H28N2O/c1-3-14-34(15-4-1)45-39-22-20-32(26-37(39)38-25-30-12-7-8-13-31(30)27-41(38)45)33-21-24-43-42(28-33)46(35-16-5-2-6-17-35)40-23-19-29-11-9-10-18-36(29)44(40)47-43/h1-28H. The maximum absolute atomic E-state index is 6.71. The number of rotatable bonds is 3. The van der Waals surface area contributed by atoms with Crippen LogP contribution in [0, 0.1) is 0 Å². The van der Waals surface area contributed by atoms with Gasteiger partial charge in [-0.25, -0.2) is 0 Å². The third-order valence-corrected chi connectivity index (χ3v) is 9.51. The van der Waals surface area contributed by atoms with E-state index in [1.807, 2.05) is 0 Å². The zero-order chi connectivity index (χ0) is 30.9. The van der Waals surface area contributed by atoms with Gasteiger partial charge >= 0.3 is 0 Å². The fraction of sp³-hybridized carbons (Fsp3) is 0. The minimum Gasteiger partial charge on any atom is -0.452 e. The second-order valence-corrected chi connectivity index (χ2v) is 12.2. The number of hydrogen-bond acceptors (Lipinski definition) is 2. The Morgan fingerprint density at radius 2 is 1.02 bits per heavy atom. The summed E-state index contributed by atoms with van der Waals surface area (Å²) in [6.45, 7) is 0. The van der Waals surface area contributed by atoms with Crippen LogP contribution in [0.1, 0.15) is 0 Å². The van der Waals surface area contributed by atoms with Crippen molar-refractivity contribution in [2.75, 3.05) is 4.90 Å².